The van der Waals surface area contributed by atoms with Gasteiger partial charge in [-0.05, 0) is 41.7 Å². The van der Waals surface area contributed by atoms with Gasteiger partial charge in [-0.15, -0.1) is 0 Å². The molecule has 1 unspecified atom stereocenters. The monoisotopic (exact) mass is 460 g/mol. The number of carbonyl (C=O) groups is 2. The van der Waals surface area contributed by atoms with Gasteiger partial charge >= 0.3 is 0 Å². The van der Waals surface area contributed by atoms with E-state index in [9.17, 15) is 14.0 Å². The molecule has 0 aliphatic rings. The molecule has 1 N–H and O–H groups in total. The van der Waals surface area contributed by atoms with Gasteiger partial charge in [0.25, 0.3) is 0 Å². The van der Waals surface area contributed by atoms with Crippen LogP contribution in [0.4, 0.5) is 4.39 Å². The first-order valence-corrected chi connectivity index (χ1v) is 12.0. The van der Waals surface area contributed by atoms with Crippen molar-refractivity contribution in [2.24, 2.45) is 0 Å². The van der Waals surface area contributed by atoms with E-state index in [0.29, 0.717) is 25.8 Å². The van der Waals surface area contributed by atoms with E-state index in [0.717, 1.165) is 29.5 Å². The van der Waals surface area contributed by atoms with Crippen molar-refractivity contribution in [2.45, 2.75) is 51.6 Å². The summed E-state index contributed by atoms with van der Waals surface area (Å²) in [6.45, 7) is 2.89. The summed E-state index contributed by atoms with van der Waals surface area (Å²) in [6.07, 6.45) is 3.15. The van der Waals surface area contributed by atoms with Crippen LogP contribution in [0.3, 0.4) is 0 Å². The molecule has 3 aromatic carbocycles. The molecule has 0 bridgehead atoms. The predicted octanol–water partition coefficient (Wildman–Crippen LogP) is 5.31. The van der Waals surface area contributed by atoms with Gasteiger partial charge in [0.05, 0.1) is 0 Å². The maximum Gasteiger partial charge on any atom is 0.243 e. The zero-order chi connectivity index (χ0) is 24.2. The lowest BCUT2D eigenvalue weighted by molar-refractivity contribution is -0.141. The molecule has 3 rings (SSSR count). The number of nitrogens with one attached hydrogen (secondary N) is 1. The van der Waals surface area contributed by atoms with Crippen LogP contribution in [0.15, 0.2) is 84.9 Å². The van der Waals surface area contributed by atoms with Crippen LogP contribution in [-0.2, 0) is 29.0 Å². The zero-order valence-corrected chi connectivity index (χ0v) is 19.8. The number of hydrogen-bond donors (Lipinski definition) is 1. The molecule has 1 atom stereocenters. The molecule has 0 spiro atoms. The molecule has 178 valence electrons. The van der Waals surface area contributed by atoms with E-state index in [2.05, 4.69) is 12.2 Å². The van der Waals surface area contributed by atoms with Crippen molar-refractivity contribution >= 4 is 11.8 Å². The van der Waals surface area contributed by atoms with E-state index in [1.807, 2.05) is 60.7 Å². The summed E-state index contributed by atoms with van der Waals surface area (Å²) >= 11 is 0. The number of halogens is 1. The average Bonchev–Trinajstić information content (AvgIpc) is 2.87. The summed E-state index contributed by atoms with van der Waals surface area (Å²) < 4.78 is 13.5. The molecule has 0 aliphatic carbocycles. The standard InChI is InChI=1S/C29H33FN2O2/c1-2-3-20-31-29(34)27(21-24-12-8-5-9-13-24)32(22-25-14-17-26(30)18-15-25)28(33)19-16-23-10-6-4-7-11-23/h4-15,17-18,27H,2-3,16,19-22H2,1H3,(H,31,34). The van der Waals surface area contributed by atoms with Crippen molar-refractivity contribution in [1.82, 2.24) is 10.2 Å². The quantitative estimate of drug-likeness (QED) is 0.372. The lowest BCUT2D eigenvalue weighted by Gasteiger charge is -2.31. The Hall–Kier alpha value is -3.47. The van der Waals surface area contributed by atoms with Gasteiger partial charge < -0.3 is 10.2 Å². The Labute approximate surface area is 201 Å². The first-order chi connectivity index (χ1) is 16.6. The Balaban J connectivity index is 1.86. The van der Waals surface area contributed by atoms with Crippen LogP contribution in [0.5, 0.6) is 0 Å². The van der Waals surface area contributed by atoms with Crippen LogP contribution in [0.2, 0.25) is 0 Å². The summed E-state index contributed by atoms with van der Waals surface area (Å²) in [5.74, 6) is -0.587. The first kappa shape index (κ1) is 25.2. The third-order valence-corrected chi connectivity index (χ3v) is 5.84. The van der Waals surface area contributed by atoms with Crippen molar-refractivity contribution in [3.63, 3.8) is 0 Å². The summed E-state index contributed by atoms with van der Waals surface area (Å²) in [6, 6.07) is 25.0. The second kappa shape index (κ2) is 13.3. The number of hydrogen-bond acceptors (Lipinski definition) is 2. The maximum atomic E-state index is 13.5. The minimum atomic E-state index is -0.660. The number of nitrogens with zero attached hydrogens (tertiary/aromatic N) is 1. The summed E-state index contributed by atoms with van der Waals surface area (Å²) in [5.41, 5.74) is 2.84. The Morgan fingerprint density at radius 1 is 0.853 bits per heavy atom. The van der Waals surface area contributed by atoms with Gasteiger partial charge in [-0.3, -0.25) is 9.59 Å². The normalized spacial score (nSPS) is 11.6. The maximum absolute atomic E-state index is 13.5. The molecule has 34 heavy (non-hydrogen) atoms. The van der Waals surface area contributed by atoms with Crippen molar-refractivity contribution in [2.75, 3.05) is 6.54 Å². The van der Waals surface area contributed by atoms with Gasteiger partial charge in [0, 0.05) is 25.9 Å². The Morgan fingerprint density at radius 2 is 1.47 bits per heavy atom. The van der Waals surface area contributed by atoms with Gasteiger partial charge in [0.15, 0.2) is 0 Å². The lowest BCUT2D eigenvalue weighted by atomic mass is 10.0. The van der Waals surface area contributed by atoms with Crippen LogP contribution in [0.25, 0.3) is 0 Å². The van der Waals surface area contributed by atoms with E-state index in [1.54, 1.807) is 17.0 Å². The van der Waals surface area contributed by atoms with Crippen molar-refractivity contribution in [1.29, 1.82) is 0 Å². The molecular weight excluding hydrogens is 427 g/mol. The number of aryl methyl sites for hydroxylation is 1. The van der Waals surface area contributed by atoms with E-state index in [1.165, 1.54) is 12.1 Å². The highest BCUT2D eigenvalue weighted by Crippen LogP contribution is 2.17. The summed E-state index contributed by atoms with van der Waals surface area (Å²) in [7, 11) is 0. The molecule has 3 aromatic rings. The van der Waals surface area contributed by atoms with Crippen LogP contribution in [0.1, 0.15) is 42.9 Å². The van der Waals surface area contributed by atoms with Gasteiger partial charge in [-0.2, -0.15) is 0 Å². The highest BCUT2D eigenvalue weighted by atomic mass is 19.1. The molecule has 0 heterocycles. The van der Waals surface area contributed by atoms with E-state index < -0.39 is 6.04 Å². The molecule has 0 fully saturated rings. The fraction of sp³-hybridized carbons (Fsp3) is 0.310. The van der Waals surface area contributed by atoms with Crippen LogP contribution in [0, 0.1) is 5.82 Å². The van der Waals surface area contributed by atoms with E-state index in [4.69, 9.17) is 0 Å². The minimum Gasteiger partial charge on any atom is -0.354 e. The van der Waals surface area contributed by atoms with Gasteiger partial charge in [0.2, 0.25) is 11.8 Å². The molecular formula is C29H33FN2O2. The molecule has 0 radical (unpaired) electrons. The zero-order valence-electron chi connectivity index (χ0n) is 19.8. The fourth-order valence-corrected chi connectivity index (χ4v) is 3.89. The molecule has 0 saturated carbocycles. The van der Waals surface area contributed by atoms with Gasteiger partial charge in [0.1, 0.15) is 11.9 Å². The Kier molecular flexibility index (Phi) is 9.83. The topological polar surface area (TPSA) is 49.4 Å². The van der Waals surface area contributed by atoms with E-state index in [-0.39, 0.29) is 24.2 Å². The average molecular weight is 461 g/mol. The summed E-state index contributed by atoms with van der Waals surface area (Å²) in [4.78, 5) is 28.5. The molecule has 2 amide bonds. The second-order valence-electron chi connectivity index (χ2n) is 8.48. The molecule has 5 heteroatoms. The van der Waals surface area contributed by atoms with Crippen molar-refractivity contribution < 1.29 is 14.0 Å². The number of unbranched alkanes of at least 4 members (excludes halogenated alkanes) is 1. The highest BCUT2D eigenvalue weighted by molar-refractivity contribution is 5.88. The smallest absolute Gasteiger partial charge is 0.243 e. The van der Waals surface area contributed by atoms with Gasteiger partial charge in [-0.25, -0.2) is 4.39 Å². The molecule has 0 saturated heterocycles. The number of rotatable bonds is 12. The minimum absolute atomic E-state index is 0.0975. The molecule has 0 aromatic heterocycles. The molecule has 4 nitrogen and oxygen atoms in total. The Bertz CT molecular complexity index is 1020. The first-order valence-electron chi connectivity index (χ1n) is 12.0. The van der Waals surface area contributed by atoms with Crippen LogP contribution < -0.4 is 5.32 Å². The van der Waals surface area contributed by atoms with Crippen LogP contribution in [-0.4, -0.2) is 29.3 Å². The Morgan fingerprint density at radius 3 is 2.09 bits per heavy atom. The summed E-state index contributed by atoms with van der Waals surface area (Å²) in [5, 5.41) is 3.02. The van der Waals surface area contributed by atoms with Crippen molar-refractivity contribution in [3.05, 3.63) is 107 Å². The third-order valence-electron chi connectivity index (χ3n) is 5.84. The van der Waals surface area contributed by atoms with Crippen LogP contribution >= 0.6 is 0 Å². The SMILES string of the molecule is CCCCNC(=O)C(Cc1ccccc1)N(Cc1ccc(F)cc1)C(=O)CCc1ccccc1. The number of carbonyl (C=O) groups excluding carboxylic acids is 2. The van der Waals surface area contributed by atoms with E-state index >= 15 is 0 Å². The van der Waals surface area contributed by atoms with Crippen molar-refractivity contribution in [3.8, 4) is 0 Å². The third kappa shape index (κ3) is 7.84. The lowest BCUT2D eigenvalue weighted by Crippen LogP contribution is -2.50. The molecule has 0 aliphatic heterocycles. The largest absolute Gasteiger partial charge is 0.354 e. The number of amides is 2. The fourth-order valence-electron chi connectivity index (χ4n) is 3.89. The van der Waals surface area contributed by atoms with Gasteiger partial charge in [-0.1, -0.05) is 86.1 Å². The predicted molar refractivity (Wildman–Crippen MR) is 134 cm³/mol. The second-order valence-corrected chi connectivity index (χ2v) is 8.48. The number of benzene rings is 3. The highest BCUT2D eigenvalue weighted by Gasteiger charge is 2.30.